The topological polar surface area (TPSA) is 40.7 Å². The second-order valence-electron chi connectivity index (χ2n) is 4.23. The summed E-state index contributed by atoms with van der Waals surface area (Å²) in [6.07, 6.45) is 0. The van der Waals surface area contributed by atoms with Gasteiger partial charge in [0.15, 0.2) is 0 Å². The second kappa shape index (κ2) is 4.90. The number of fused-ring (bicyclic) bond motifs is 1. The van der Waals surface area contributed by atoms with Crippen LogP contribution in [-0.4, -0.2) is 9.97 Å². The summed E-state index contributed by atoms with van der Waals surface area (Å²) in [5, 5.41) is 3.78. The lowest BCUT2D eigenvalue weighted by atomic mass is 10.2. The Morgan fingerprint density at radius 1 is 1.21 bits per heavy atom. The molecule has 0 saturated heterocycles. The number of nitrogens with zero attached hydrogens (tertiary/aromatic N) is 1. The Morgan fingerprint density at radius 2 is 2.11 bits per heavy atom. The summed E-state index contributed by atoms with van der Waals surface area (Å²) in [6.45, 7) is 0.505. The van der Waals surface area contributed by atoms with Crippen LogP contribution in [-0.2, 0) is 6.54 Å². The van der Waals surface area contributed by atoms with Gasteiger partial charge in [-0.3, -0.25) is 0 Å². The molecule has 5 heteroatoms. The highest BCUT2D eigenvalue weighted by molar-refractivity contribution is 6.31. The quantitative estimate of drug-likeness (QED) is 0.759. The highest BCUT2D eigenvalue weighted by atomic mass is 35.5. The van der Waals surface area contributed by atoms with Crippen molar-refractivity contribution in [3.05, 3.63) is 58.9 Å². The first-order valence-electron chi connectivity index (χ1n) is 5.84. The molecule has 0 bridgehead atoms. The summed E-state index contributed by atoms with van der Waals surface area (Å²) in [4.78, 5) is 7.49. The Hall–Kier alpha value is -2.07. The van der Waals surface area contributed by atoms with Gasteiger partial charge in [-0.05, 0) is 35.9 Å². The van der Waals surface area contributed by atoms with Gasteiger partial charge >= 0.3 is 0 Å². The van der Waals surface area contributed by atoms with Crippen LogP contribution in [0.5, 0.6) is 0 Å². The molecule has 0 aliphatic carbocycles. The van der Waals surface area contributed by atoms with E-state index in [0.29, 0.717) is 17.5 Å². The minimum Gasteiger partial charge on any atom is -0.352 e. The standard InChI is InChI=1S/C14H11ClFN3/c15-10-4-5-12-13(7-10)19-14(18-12)17-8-9-2-1-3-11(16)6-9/h1-7H,8H2,(H2,17,18,19). The van der Waals surface area contributed by atoms with Crippen molar-refractivity contribution in [2.75, 3.05) is 5.32 Å². The average Bonchev–Trinajstić information content (AvgIpc) is 2.78. The minimum atomic E-state index is -0.240. The third-order valence-corrected chi connectivity index (χ3v) is 3.03. The number of nitrogens with one attached hydrogen (secondary N) is 2. The summed E-state index contributed by atoms with van der Waals surface area (Å²) in [5.74, 6) is 0.400. The predicted octanol–water partition coefficient (Wildman–Crippen LogP) is 3.97. The van der Waals surface area contributed by atoms with Crippen molar-refractivity contribution in [3.8, 4) is 0 Å². The van der Waals surface area contributed by atoms with E-state index in [1.165, 1.54) is 12.1 Å². The van der Waals surface area contributed by atoms with Gasteiger partial charge in [-0.2, -0.15) is 0 Å². The van der Waals surface area contributed by atoms with Gasteiger partial charge in [0.2, 0.25) is 5.95 Å². The number of hydrogen-bond donors (Lipinski definition) is 2. The summed E-state index contributed by atoms with van der Waals surface area (Å²) >= 11 is 5.91. The summed E-state index contributed by atoms with van der Waals surface area (Å²) < 4.78 is 13.0. The molecule has 0 atom stereocenters. The maximum Gasteiger partial charge on any atom is 0.201 e. The lowest BCUT2D eigenvalue weighted by molar-refractivity contribution is 0.626. The van der Waals surface area contributed by atoms with Gasteiger partial charge in [0.1, 0.15) is 5.82 Å². The van der Waals surface area contributed by atoms with E-state index in [4.69, 9.17) is 11.6 Å². The number of halogens is 2. The number of benzene rings is 2. The van der Waals surface area contributed by atoms with Crippen LogP contribution in [0.3, 0.4) is 0 Å². The number of H-pyrrole nitrogens is 1. The molecule has 0 aliphatic rings. The van der Waals surface area contributed by atoms with Crippen molar-refractivity contribution >= 4 is 28.6 Å². The smallest absolute Gasteiger partial charge is 0.201 e. The van der Waals surface area contributed by atoms with E-state index in [1.807, 2.05) is 18.2 Å². The number of aromatic amines is 1. The van der Waals surface area contributed by atoms with E-state index in [1.54, 1.807) is 12.1 Å². The average molecular weight is 276 g/mol. The largest absolute Gasteiger partial charge is 0.352 e. The van der Waals surface area contributed by atoms with Crippen molar-refractivity contribution in [2.45, 2.75) is 6.54 Å². The third kappa shape index (κ3) is 2.69. The first kappa shape index (κ1) is 12.0. The molecule has 3 aromatic rings. The van der Waals surface area contributed by atoms with Gasteiger partial charge < -0.3 is 10.3 Å². The third-order valence-electron chi connectivity index (χ3n) is 2.79. The summed E-state index contributed by atoms with van der Waals surface area (Å²) in [5.41, 5.74) is 2.57. The van der Waals surface area contributed by atoms with Crippen molar-refractivity contribution in [1.82, 2.24) is 9.97 Å². The molecule has 2 N–H and O–H groups in total. The molecule has 96 valence electrons. The van der Waals surface area contributed by atoms with Crippen LogP contribution < -0.4 is 5.32 Å². The van der Waals surface area contributed by atoms with E-state index in [-0.39, 0.29) is 5.82 Å². The molecule has 0 saturated carbocycles. The van der Waals surface area contributed by atoms with Crippen LogP contribution in [0, 0.1) is 5.82 Å². The lowest BCUT2D eigenvalue weighted by Crippen LogP contribution is -2.00. The number of aromatic nitrogens is 2. The molecule has 0 radical (unpaired) electrons. The lowest BCUT2D eigenvalue weighted by Gasteiger charge is -2.02. The molecule has 0 spiro atoms. The van der Waals surface area contributed by atoms with Crippen molar-refractivity contribution in [3.63, 3.8) is 0 Å². The van der Waals surface area contributed by atoms with Crippen LogP contribution >= 0.6 is 11.6 Å². The number of rotatable bonds is 3. The highest BCUT2D eigenvalue weighted by Crippen LogP contribution is 2.19. The van der Waals surface area contributed by atoms with E-state index in [9.17, 15) is 4.39 Å². The van der Waals surface area contributed by atoms with Crippen LogP contribution in [0.1, 0.15) is 5.56 Å². The van der Waals surface area contributed by atoms with Crippen LogP contribution in [0.2, 0.25) is 5.02 Å². The Bertz CT molecular complexity index is 724. The fourth-order valence-corrected chi connectivity index (χ4v) is 2.07. The molecule has 0 amide bonds. The number of hydrogen-bond acceptors (Lipinski definition) is 2. The zero-order valence-electron chi connectivity index (χ0n) is 9.95. The normalized spacial score (nSPS) is 10.8. The zero-order valence-corrected chi connectivity index (χ0v) is 10.7. The van der Waals surface area contributed by atoms with E-state index in [2.05, 4.69) is 15.3 Å². The monoisotopic (exact) mass is 275 g/mol. The predicted molar refractivity (Wildman–Crippen MR) is 74.8 cm³/mol. The molecule has 3 nitrogen and oxygen atoms in total. The molecule has 1 heterocycles. The zero-order chi connectivity index (χ0) is 13.2. The van der Waals surface area contributed by atoms with Crippen LogP contribution in [0.15, 0.2) is 42.5 Å². The van der Waals surface area contributed by atoms with Gasteiger partial charge in [-0.1, -0.05) is 23.7 Å². The first-order valence-corrected chi connectivity index (χ1v) is 6.22. The maximum absolute atomic E-state index is 13.0. The highest BCUT2D eigenvalue weighted by Gasteiger charge is 2.03. The van der Waals surface area contributed by atoms with Crippen molar-refractivity contribution in [2.24, 2.45) is 0 Å². The maximum atomic E-state index is 13.0. The van der Waals surface area contributed by atoms with Gasteiger partial charge in [-0.25, -0.2) is 9.37 Å². The molecule has 19 heavy (non-hydrogen) atoms. The van der Waals surface area contributed by atoms with E-state index in [0.717, 1.165) is 16.6 Å². The molecule has 3 rings (SSSR count). The molecular formula is C14H11ClFN3. The molecular weight excluding hydrogens is 265 g/mol. The van der Waals surface area contributed by atoms with Crippen LogP contribution in [0.4, 0.5) is 10.3 Å². The molecule has 0 fully saturated rings. The second-order valence-corrected chi connectivity index (χ2v) is 4.67. The molecule has 0 unspecified atom stereocenters. The van der Waals surface area contributed by atoms with Gasteiger partial charge in [0, 0.05) is 11.6 Å². The summed E-state index contributed by atoms with van der Waals surface area (Å²) in [6, 6.07) is 11.9. The van der Waals surface area contributed by atoms with E-state index < -0.39 is 0 Å². The Labute approximate surface area is 114 Å². The Balaban J connectivity index is 1.78. The van der Waals surface area contributed by atoms with E-state index >= 15 is 0 Å². The van der Waals surface area contributed by atoms with Crippen molar-refractivity contribution in [1.29, 1.82) is 0 Å². The molecule has 1 aromatic heterocycles. The fourth-order valence-electron chi connectivity index (χ4n) is 1.90. The first-order chi connectivity index (χ1) is 9.20. The van der Waals surface area contributed by atoms with Gasteiger partial charge in [-0.15, -0.1) is 0 Å². The van der Waals surface area contributed by atoms with Gasteiger partial charge in [0.05, 0.1) is 11.0 Å². The minimum absolute atomic E-state index is 0.240. The Morgan fingerprint density at radius 3 is 2.95 bits per heavy atom. The number of imidazole rings is 1. The molecule has 2 aromatic carbocycles. The molecule has 0 aliphatic heterocycles. The number of anilines is 1. The van der Waals surface area contributed by atoms with Gasteiger partial charge in [0.25, 0.3) is 0 Å². The van der Waals surface area contributed by atoms with Crippen LogP contribution in [0.25, 0.3) is 11.0 Å². The Kier molecular flexibility index (Phi) is 3.09. The SMILES string of the molecule is Fc1cccc(CNc2nc3ccc(Cl)cc3[nH]2)c1. The summed E-state index contributed by atoms with van der Waals surface area (Å²) in [7, 11) is 0. The fraction of sp³-hybridized carbons (Fsp3) is 0.0714. The van der Waals surface area contributed by atoms with Crippen molar-refractivity contribution < 1.29 is 4.39 Å².